The molecule has 0 radical (unpaired) electrons. The van der Waals surface area contributed by atoms with Crippen LogP contribution in [0.25, 0.3) is 32.9 Å². The first-order valence-electron chi connectivity index (χ1n) is 11.7. The molecule has 0 aliphatic carbocycles. The van der Waals surface area contributed by atoms with Gasteiger partial charge in [0.25, 0.3) is 0 Å². The largest absolute Gasteiger partial charge is 0.486 e. The van der Waals surface area contributed by atoms with Gasteiger partial charge in [-0.2, -0.15) is 5.10 Å². The van der Waals surface area contributed by atoms with Crippen molar-refractivity contribution in [3.05, 3.63) is 67.1 Å². The minimum Gasteiger partial charge on any atom is -0.486 e. The number of nitrogens with one attached hydrogen (secondary N) is 2. The quantitative estimate of drug-likeness (QED) is 0.336. The Balaban J connectivity index is 0.00000280. The monoisotopic (exact) mass is 523 g/mol. The summed E-state index contributed by atoms with van der Waals surface area (Å²) in [7, 11) is 1.84. The van der Waals surface area contributed by atoms with Gasteiger partial charge in [-0.3, -0.25) is 9.67 Å². The number of benzene rings is 2. The fourth-order valence-corrected chi connectivity index (χ4v) is 4.51. The average Bonchev–Trinajstić information content (AvgIpc) is 3.33. The number of piperidine rings is 1. The van der Waals surface area contributed by atoms with Crippen molar-refractivity contribution in [3.63, 3.8) is 0 Å². The number of fused-ring (bicyclic) bond motifs is 2. The number of halogens is 3. The zero-order valence-electron chi connectivity index (χ0n) is 19.9. The molecule has 0 unspecified atom stereocenters. The molecule has 37 heavy (non-hydrogen) atoms. The Morgan fingerprint density at radius 1 is 1.11 bits per heavy atom. The van der Waals surface area contributed by atoms with E-state index in [-0.39, 0.29) is 24.6 Å². The number of aryl methyl sites for hydroxylation is 1. The van der Waals surface area contributed by atoms with Crippen LogP contribution in [-0.4, -0.2) is 50.1 Å². The molecule has 1 aliphatic rings. The van der Waals surface area contributed by atoms with E-state index in [0.29, 0.717) is 46.3 Å². The second-order valence-electron chi connectivity index (χ2n) is 8.78. The van der Waals surface area contributed by atoms with Crippen LogP contribution in [0.1, 0.15) is 6.42 Å². The molecule has 2 atom stereocenters. The minimum absolute atomic E-state index is 0. The molecule has 1 fully saturated rings. The van der Waals surface area contributed by atoms with E-state index in [1.54, 1.807) is 41.3 Å². The van der Waals surface area contributed by atoms with E-state index < -0.39 is 18.1 Å². The van der Waals surface area contributed by atoms with Gasteiger partial charge in [-0.15, -0.1) is 12.4 Å². The van der Waals surface area contributed by atoms with Gasteiger partial charge in [-0.25, -0.2) is 18.7 Å². The lowest BCUT2D eigenvalue weighted by atomic mass is 10.0. The van der Waals surface area contributed by atoms with Crippen molar-refractivity contribution < 1.29 is 13.5 Å². The first-order chi connectivity index (χ1) is 17.6. The number of pyridine rings is 1. The van der Waals surface area contributed by atoms with E-state index in [2.05, 4.69) is 30.7 Å². The second kappa shape index (κ2) is 10.2. The van der Waals surface area contributed by atoms with E-state index in [1.165, 1.54) is 6.33 Å². The summed E-state index contributed by atoms with van der Waals surface area (Å²) in [5.41, 5.74) is 3.06. The van der Waals surface area contributed by atoms with Crippen molar-refractivity contribution in [1.82, 2.24) is 30.0 Å². The van der Waals surface area contributed by atoms with E-state index >= 15 is 4.39 Å². The highest BCUT2D eigenvalue weighted by atomic mass is 35.5. The topological polar surface area (TPSA) is 89.8 Å². The molecule has 1 saturated heterocycles. The molecule has 190 valence electrons. The van der Waals surface area contributed by atoms with Crippen LogP contribution in [0.4, 0.5) is 20.3 Å². The lowest BCUT2D eigenvalue weighted by Crippen LogP contribution is -2.44. The van der Waals surface area contributed by atoms with Gasteiger partial charge >= 0.3 is 0 Å². The van der Waals surface area contributed by atoms with E-state index in [9.17, 15) is 4.39 Å². The maximum Gasteiger partial charge on any atom is 0.156 e. The van der Waals surface area contributed by atoms with Crippen molar-refractivity contribution in [1.29, 1.82) is 0 Å². The van der Waals surface area contributed by atoms with E-state index in [4.69, 9.17) is 4.74 Å². The number of rotatable bonds is 5. The predicted octanol–water partition coefficient (Wildman–Crippen LogP) is 4.96. The van der Waals surface area contributed by atoms with E-state index in [0.717, 1.165) is 11.1 Å². The van der Waals surface area contributed by atoms with Crippen molar-refractivity contribution in [3.8, 4) is 16.9 Å². The van der Waals surface area contributed by atoms with Crippen molar-refractivity contribution in [2.24, 2.45) is 7.05 Å². The molecule has 2 aromatic carbocycles. The van der Waals surface area contributed by atoms with Crippen LogP contribution in [0, 0.1) is 5.82 Å². The lowest BCUT2D eigenvalue weighted by Gasteiger charge is -2.28. The van der Waals surface area contributed by atoms with E-state index in [1.807, 2.05) is 25.4 Å². The predicted molar refractivity (Wildman–Crippen MR) is 141 cm³/mol. The molecular formula is C26H24ClF2N7O. The molecular weight excluding hydrogens is 500 g/mol. The van der Waals surface area contributed by atoms with Crippen LogP contribution in [-0.2, 0) is 7.05 Å². The SMILES string of the molecule is Cl.Cn1cc(-c2cc(O[C@@H]3CCNC[C@H]3F)c3c(Nc4ccc5ncccc5c4F)ncnc3c2)cn1. The first-order valence-corrected chi connectivity index (χ1v) is 11.7. The molecule has 11 heteroatoms. The Kier molecular flexibility index (Phi) is 6.86. The van der Waals surface area contributed by atoms with Crippen molar-refractivity contribution in [2.45, 2.75) is 18.7 Å². The van der Waals surface area contributed by atoms with Crippen LogP contribution in [0.15, 0.2) is 61.3 Å². The summed E-state index contributed by atoms with van der Waals surface area (Å²) in [6.07, 6.45) is 5.37. The standard InChI is InChI=1S/C26H23F2N7O.ClH/c1-35-13-16(11-33-35)15-9-21-24(23(10-15)36-22-6-8-29-12-18(22)27)26(32-14-31-21)34-20-5-4-19-17(25(20)28)3-2-7-30-19;/h2-5,7,9-11,13-14,18,22,29H,6,8,12H2,1H3,(H,31,32,34);1H/t18-,22-;/m1./s1. The van der Waals surface area contributed by atoms with Gasteiger partial charge < -0.3 is 15.4 Å². The van der Waals surface area contributed by atoms with Gasteiger partial charge in [-0.1, -0.05) is 0 Å². The molecule has 5 aromatic rings. The molecule has 0 amide bonds. The molecule has 0 spiro atoms. The summed E-state index contributed by atoms with van der Waals surface area (Å²) >= 11 is 0. The lowest BCUT2D eigenvalue weighted by molar-refractivity contribution is 0.0744. The summed E-state index contributed by atoms with van der Waals surface area (Å²) < 4.78 is 38.0. The molecule has 6 rings (SSSR count). The van der Waals surface area contributed by atoms with Gasteiger partial charge in [-0.05, 0) is 54.9 Å². The minimum atomic E-state index is -1.16. The van der Waals surface area contributed by atoms with Gasteiger partial charge in [0.05, 0.1) is 28.3 Å². The molecule has 8 nitrogen and oxygen atoms in total. The number of anilines is 2. The maximum atomic E-state index is 15.3. The normalized spacial score (nSPS) is 17.5. The number of hydrogen-bond donors (Lipinski definition) is 2. The fourth-order valence-electron chi connectivity index (χ4n) is 4.51. The number of aromatic nitrogens is 5. The van der Waals surface area contributed by atoms with Gasteiger partial charge in [0.15, 0.2) is 5.82 Å². The summed E-state index contributed by atoms with van der Waals surface area (Å²) in [6.45, 7) is 0.881. The molecule has 0 saturated carbocycles. The van der Waals surface area contributed by atoms with Crippen molar-refractivity contribution >= 4 is 45.7 Å². The van der Waals surface area contributed by atoms with Crippen molar-refractivity contribution in [2.75, 3.05) is 18.4 Å². The molecule has 2 N–H and O–H groups in total. The number of nitrogens with zero attached hydrogens (tertiary/aromatic N) is 5. The summed E-state index contributed by atoms with van der Waals surface area (Å²) in [5, 5.41) is 11.3. The smallest absolute Gasteiger partial charge is 0.156 e. The molecule has 3 aromatic heterocycles. The van der Waals surface area contributed by atoms with Gasteiger partial charge in [0, 0.05) is 36.9 Å². The van der Waals surface area contributed by atoms with Crippen LogP contribution < -0.4 is 15.4 Å². The average molecular weight is 524 g/mol. The summed E-state index contributed by atoms with van der Waals surface area (Å²) in [6, 6.07) is 10.4. The van der Waals surface area contributed by atoms with Gasteiger partial charge in [0.1, 0.15) is 30.2 Å². The number of hydrogen-bond acceptors (Lipinski definition) is 7. The molecule has 0 bridgehead atoms. The third kappa shape index (κ3) is 4.77. The van der Waals surface area contributed by atoms with Crippen LogP contribution >= 0.6 is 12.4 Å². The molecule has 4 heterocycles. The highest BCUT2D eigenvalue weighted by Crippen LogP contribution is 2.38. The maximum absolute atomic E-state index is 15.3. The Hall–Kier alpha value is -3.89. The van der Waals surface area contributed by atoms with Crippen LogP contribution in [0.3, 0.4) is 0 Å². The summed E-state index contributed by atoms with van der Waals surface area (Å²) in [4.78, 5) is 13.1. The third-order valence-corrected chi connectivity index (χ3v) is 6.34. The summed E-state index contributed by atoms with van der Waals surface area (Å²) in [5.74, 6) is 0.343. The zero-order chi connectivity index (χ0) is 24.6. The van der Waals surface area contributed by atoms with Gasteiger partial charge in [0.2, 0.25) is 0 Å². The Bertz CT molecular complexity index is 1580. The Morgan fingerprint density at radius 3 is 2.81 bits per heavy atom. The van der Waals surface area contributed by atoms with Crippen LogP contribution in [0.2, 0.25) is 0 Å². The Morgan fingerprint density at radius 2 is 2.00 bits per heavy atom. The first kappa shape index (κ1) is 24.8. The van der Waals surface area contributed by atoms with Crippen LogP contribution in [0.5, 0.6) is 5.75 Å². The number of ether oxygens (including phenoxy) is 1. The fraction of sp³-hybridized carbons (Fsp3) is 0.231. The third-order valence-electron chi connectivity index (χ3n) is 6.34. The highest BCUT2D eigenvalue weighted by molar-refractivity contribution is 5.99. The Labute approximate surface area is 217 Å². The second-order valence-corrected chi connectivity index (χ2v) is 8.78. The molecule has 1 aliphatic heterocycles. The number of alkyl halides is 1. The highest BCUT2D eigenvalue weighted by Gasteiger charge is 2.28. The zero-order valence-corrected chi connectivity index (χ0v) is 20.7.